The predicted octanol–water partition coefficient (Wildman–Crippen LogP) is 3.06. The molecule has 1 atom stereocenters. The van der Waals surface area contributed by atoms with Crippen LogP contribution >= 0.6 is 22.6 Å². The Morgan fingerprint density at radius 1 is 1.47 bits per heavy atom. The minimum atomic E-state index is 0.276. The molecule has 0 heterocycles. The third kappa shape index (κ3) is 4.84. The summed E-state index contributed by atoms with van der Waals surface area (Å²) in [5.74, 6) is 0.968. The first-order valence-corrected chi connectivity index (χ1v) is 6.41. The fourth-order valence-corrected chi connectivity index (χ4v) is 2.00. The number of benzene rings is 1. The van der Waals surface area contributed by atoms with Gasteiger partial charge in [-0.1, -0.05) is 19.4 Å². The molecule has 0 aromatic heterocycles. The Kier molecular flexibility index (Phi) is 6.02. The zero-order valence-corrected chi connectivity index (χ0v) is 11.5. The Bertz CT molecular complexity index is 285. The molecular weight excluding hydrogens is 301 g/mol. The van der Waals surface area contributed by atoms with Gasteiger partial charge in [-0.05, 0) is 54.3 Å². The first-order valence-electron chi connectivity index (χ1n) is 5.33. The molecule has 0 aliphatic carbocycles. The average molecular weight is 319 g/mol. The number of hydrogen-bond acceptors (Lipinski definition) is 2. The first kappa shape index (κ1) is 12.8. The van der Waals surface area contributed by atoms with Crippen molar-refractivity contribution in [1.82, 2.24) is 5.32 Å². The zero-order valence-electron chi connectivity index (χ0n) is 9.29. The molecule has 1 aromatic rings. The van der Waals surface area contributed by atoms with Gasteiger partial charge in [-0.15, -0.1) is 0 Å². The maximum atomic E-state index is 5.91. The van der Waals surface area contributed by atoms with Gasteiger partial charge in [0, 0.05) is 10.1 Å². The third-order valence-electron chi connectivity index (χ3n) is 2.14. The fourth-order valence-electron chi connectivity index (χ4n) is 1.49. The van der Waals surface area contributed by atoms with Crippen LogP contribution in [0.3, 0.4) is 0 Å². The molecule has 0 saturated heterocycles. The second kappa shape index (κ2) is 7.06. The molecule has 3 heteroatoms. The Morgan fingerprint density at radius 3 is 2.87 bits per heavy atom. The van der Waals surface area contributed by atoms with Crippen molar-refractivity contribution in [3.8, 4) is 5.75 Å². The van der Waals surface area contributed by atoms with Crippen LogP contribution < -0.4 is 10.1 Å². The van der Waals surface area contributed by atoms with Crippen molar-refractivity contribution in [3.63, 3.8) is 0 Å². The molecule has 0 saturated carbocycles. The van der Waals surface area contributed by atoms with Crippen LogP contribution in [0.1, 0.15) is 19.8 Å². The van der Waals surface area contributed by atoms with E-state index in [1.54, 1.807) is 0 Å². The number of ether oxygens (including phenoxy) is 1. The number of halogens is 1. The van der Waals surface area contributed by atoms with E-state index in [4.69, 9.17) is 4.74 Å². The monoisotopic (exact) mass is 319 g/mol. The van der Waals surface area contributed by atoms with Gasteiger partial charge < -0.3 is 10.1 Å². The molecule has 0 fully saturated rings. The highest BCUT2D eigenvalue weighted by atomic mass is 127. The quantitative estimate of drug-likeness (QED) is 0.814. The molecule has 2 nitrogen and oxygen atoms in total. The number of rotatable bonds is 6. The van der Waals surface area contributed by atoms with Crippen LogP contribution in [-0.2, 0) is 0 Å². The van der Waals surface area contributed by atoms with Crippen LogP contribution in [0.2, 0.25) is 0 Å². The largest absolute Gasteiger partial charge is 0.489 e. The van der Waals surface area contributed by atoms with Crippen molar-refractivity contribution in [1.29, 1.82) is 0 Å². The summed E-state index contributed by atoms with van der Waals surface area (Å²) in [5, 5.41) is 3.16. The van der Waals surface area contributed by atoms with E-state index in [0.29, 0.717) is 0 Å². The lowest BCUT2D eigenvalue weighted by atomic mass is 10.2. The second-order valence-electron chi connectivity index (χ2n) is 3.54. The molecule has 0 aliphatic heterocycles. The normalized spacial score (nSPS) is 12.5. The van der Waals surface area contributed by atoms with Gasteiger partial charge in [0.15, 0.2) is 0 Å². The smallest absolute Gasteiger partial charge is 0.120 e. The summed E-state index contributed by atoms with van der Waals surface area (Å²) >= 11 is 2.30. The van der Waals surface area contributed by atoms with E-state index in [-0.39, 0.29) is 6.10 Å². The predicted molar refractivity (Wildman–Crippen MR) is 72.4 cm³/mol. The van der Waals surface area contributed by atoms with Crippen molar-refractivity contribution < 1.29 is 4.74 Å². The van der Waals surface area contributed by atoms with E-state index in [2.05, 4.69) is 47.0 Å². The summed E-state index contributed by atoms with van der Waals surface area (Å²) in [4.78, 5) is 0. The lowest BCUT2D eigenvalue weighted by Gasteiger charge is -2.18. The number of hydrogen-bond donors (Lipinski definition) is 1. The van der Waals surface area contributed by atoms with E-state index in [1.807, 2.05) is 19.2 Å². The summed E-state index contributed by atoms with van der Waals surface area (Å²) in [6, 6.07) is 8.18. The maximum Gasteiger partial charge on any atom is 0.120 e. The third-order valence-corrected chi connectivity index (χ3v) is 2.81. The van der Waals surface area contributed by atoms with Crippen molar-refractivity contribution in [2.75, 3.05) is 13.6 Å². The molecule has 1 rings (SSSR count). The highest BCUT2D eigenvalue weighted by Gasteiger charge is 2.08. The first-order chi connectivity index (χ1) is 7.26. The Hall–Kier alpha value is -0.290. The number of nitrogens with one attached hydrogen (secondary N) is 1. The highest BCUT2D eigenvalue weighted by Crippen LogP contribution is 2.17. The minimum absolute atomic E-state index is 0.276. The van der Waals surface area contributed by atoms with Crippen LogP contribution in [0.25, 0.3) is 0 Å². The Balaban J connectivity index is 2.56. The molecule has 15 heavy (non-hydrogen) atoms. The van der Waals surface area contributed by atoms with Crippen molar-refractivity contribution in [2.45, 2.75) is 25.9 Å². The molecule has 0 spiro atoms. The summed E-state index contributed by atoms with van der Waals surface area (Å²) < 4.78 is 7.12. The highest BCUT2D eigenvalue weighted by molar-refractivity contribution is 14.1. The van der Waals surface area contributed by atoms with Gasteiger partial charge in [-0.2, -0.15) is 0 Å². The zero-order chi connectivity index (χ0) is 11.1. The van der Waals surface area contributed by atoms with Crippen LogP contribution in [-0.4, -0.2) is 19.7 Å². The molecule has 1 unspecified atom stereocenters. The van der Waals surface area contributed by atoms with E-state index >= 15 is 0 Å². The second-order valence-corrected chi connectivity index (χ2v) is 4.79. The SMILES string of the molecule is CCCC(CNC)Oc1cccc(I)c1. The minimum Gasteiger partial charge on any atom is -0.489 e. The fraction of sp³-hybridized carbons (Fsp3) is 0.500. The molecule has 1 N–H and O–H groups in total. The van der Waals surface area contributed by atoms with Crippen LogP contribution in [0.15, 0.2) is 24.3 Å². The molecule has 0 amide bonds. The molecule has 0 radical (unpaired) electrons. The Labute approximate surface area is 106 Å². The standard InChI is InChI=1S/C12H18INO/c1-3-5-12(9-14-2)15-11-7-4-6-10(13)8-11/h4,6-8,12,14H,3,5,9H2,1-2H3. The van der Waals surface area contributed by atoms with Crippen LogP contribution in [0.5, 0.6) is 5.75 Å². The molecule has 0 aliphatic rings. The van der Waals surface area contributed by atoms with Gasteiger partial charge in [-0.3, -0.25) is 0 Å². The summed E-state index contributed by atoms with van der Waals surface area (Å²) in [5.41, 5.74) is 0. The van der Waals surface area contributed by atoms with E-state index in [1.165, 1.54) is 3.57 Å². The topological polar surface area (TPSA) is 21.3 Å². The number of likely N-dealkylation sites (N-methyl/N-ethyl adjacent to an activating group) is 1. The van der Waals surface area contributed by atoms with Gasteiger partial charge in [0.25, 0.3) is 0 Å². The van der Waals surface area contributed by atoms with Gasteiger partial charge in [0.1, 0.15) is 11.9 Å². The van der Waals surface area contributed by atoms with Gasteiger partial charge in [0.2, 0.25) is 0 Å². The molecule has 1 aromatic carbocycles. The molecular formula is C12H18INO. The van der Waals surface area contributed by atoms with Crippen LogP contribution in [0, 0.1) is 3.57 Å². The summed E-state index contributed by atoms with van der Waals surface area (Å²) in [6.45, 7) is 3.08. The summed E-state index contributed by atoms with van der Waals surface area (Å²) in [7, 11) is 1.96. The Morgan fingerprint density at radius 2 is 2.27 bits per heavy atom. The lowest BCUT2D eigenvalue weighted by molar-refractivity contribution is 0.189. The average Bonchev–Trinajstić information content (AvgIpc) is 2.18. The van der Waals surface area contributed by atoms with Gasteiger partial charge in [0.05, 0.1) is 0 Å². The van der Waals surface area contributed by atoms with Crippen LogP contribution in [0.4, 0.5) is 0 Å². The van der Waals surface area contributed by atoms with E-state index in [0.717, 1.165) is 25.1 Å². The maximum absolute atomic E-state index is 5.91. The molecule has 84 valence electrons. The van der Waals surface area contributed by atoms with Gasteiger partial charge >= 0.3 is 0 Å². The van der Waals surface area contributed by atoms with Gasteiger partial charge in [-0.25, -0.2) is 0 Å². The summed E-state index contributed by atoms with van der Waals surface area (Å²) in [6.07, 6.45) is 2.51. The lowest BCUT2D eigenvalue weighted by Crippen LogP contribution is -2.29. The molecule has 0 bridgehead atoms. The van der Waals surface area contributed by atoms with E-state index in [9.17, 15) is 0 Å². The van der Waals surface area contributed by atoms with Crippen molar-refractivity contribution in [2.24, 2.45) is 0 Å². The van der Waals surface area contributed by atoms with Crippen molar-refractivity contribution in [3.05, 3.63) is 27.8 Å². The van der Waals surface area contributed by atoms with Crippen molar-refractivity contribution >= 4 is 22.6 Å². The van der Waals surface area contributed by atoms with E-state index < -0.39 is 0 Å².